The Morgan fingerprint density at radius 2 is 1.79 bits per heavy atom. The number of pyridine rings is 1. The summed E-state index contributed by atoms with van der Waals surface area (Å²) in [6, 6.07) is 18.8. The minimum atomic E-state index is 0.628. The number of anilines is 2. The number of nitrogens with zero attached hydrogens (tertiary/aromatic N) is 4. The molecular formula is C23H27N5. The first-order valence-electron chi connectivity index (χ1n) is 10.0. The van der Waals surface area contributed by atoms with Gasteiger partial charge in [0.05, 0.1) is 12.2 Å². The molecule has 144 valence electrons. The molecule has 28 heavy (non-hydrogen) atoms. The van der Waals surface area contributed by atoms with E-state index < -0.39 is 0 Å². The maximum atomic E-state index is 4.76. The van der Waals surface area contributed by atoms with E-state index in [-0.39, 0.29) is 0 Å². The van der Waals surface area contributed by atoms with Crippen LogP contribution in [-0.4, -0.2) is 28.0 Å². The molecule has 0 atom stereocenters. The number of piperidine rings is 1. The molecule has 4 rings (SSSR count). The lowest BCUT2D eigenvalue weighted by Crippen LogP contribution is -2.35. The van der Waals surface area contributed by atoms with Crippen molar-refractivity contribution >= 4 is 11.8 Å². The third kappa shape index (κ3) is 4.85. The Morgan fingerprint density at radius 1 is 1.00 bits per heavy atom. The molecule has 0 spiro atoms. The second-order valence-corrected chi connectivity index (χ2v) is 7.49. The van der Waals surface area contributed by atoms with Gasteiger partial charge in [0.2, 0.25) is 5.95 Å². The maximum absolute atomic E-state index is 4.76. The van der Waals surface area contributed by atoms with Gasteiger partial charge in [0.1, 0.15) is 5.82 Å². The predicted octanol–water partition coefficient (Wildman–Crippen LogP) is 4.25. The second kappa shape index (κ2) is 8.83. The van der Waals surface area contributed by atoms with E-state index >= 15 is 0 Å². The number of benzene rings is 1. The van der Waals surface area contributed by atoms with Crippen LogP contribution in [0.5, 0.6) is 0 Å². The first-order chi connectivity index (χ1) is 13.8. The fourth-order valence-electron chi connectivity index (χ4n) is 3.78. The van der Waals surface area contributed by atoms with Crippen LogP contribution in [0.15, 0.2) is 60.8 Å². The van der Waals surface area contributed by atoms with E-state index in [1.165, 1.54) is 24.8 Å². The molecular weight excluding hydrogens is 346 g/mol. The van der Waals surface area contributed by atoms with E-state index in [2.05, 4.69) is 56.6 Å². The van der Waals surface area contributed by atoms with Gasteiger partial charge in [-0.1, -0.05) is 36.4 Å². The minimum Gasteiger partial charge on any atom is -0.356 e. The third-order valence-electron chi connectivity index (χ3n) is 5.30. The van der Waals surface area contributed by atoms with E-state index in [4.69, 9.17) is 4.98 Å². The molecule has 0 unspecified atom stereocenters. The van der Waals surface area contributed by atoms with Gasteiger partial charge in [-0.3, -0.25) is 4.98 Å². The number of aryl methyl sites for hydroxylation is 1. The van der Waals surface area contributed by atoms with Gasteiger partial charge < -0.3 is 10.2 Å². The molecule has 5 heteroatoms. The maximum Gasteiger partial charge on any atom is 0.225 e. The molecule has 3 aromatic rings. The topological polar surface area (TPSA) is 53.9 Å². The van der Waals surface area contributed by atoms with Crippen molar-refractivity contribution < 1.29 is 0 Å². The van der Waals surface area contributed by atoms with Gasteiger partial charge >= 0.3 is 0 Å². The lowest BCUT2D eigenvalue weighted by molar-refractivity contribution is 0.402. The summed E-state index contributed by atoms with van der Waals surface area (Å²) in [6.07, 6.45) is 5.39. The zero-order chi connectivity index (χ0) is 19.2. The molecule has 1 aliphatic heterocycles. The number of nitrogens with one attached hydrogen (secondary N) is 1. The Morgan fingerprint density at radius 3 is 2.54 bits per heavy atom. The van der Waals surface area contributed by atoms with E-state index in [0.717, 1.165) is 36.2 Å². The van der Waals surface area contributed by atoms with Gasteiger partial charge in [-0.15, -0.1) is 0 Å². The first kappa shape index (κ1) is 18.4. The lowest BCUT2D eigenvalue weighted by Gasteiger charge is -2.33. The fraction of sp³-hybridized carbons (Fsp3) is 0.348. The van der Waals surface area contributed by atoms with E-state index in [0.29, 0.717) is 12.5 Å². The normalized spacial score (nSPS) is 14.8. The quantitative estimate of drug-likeness (QED) is 0.700. The van der Waals surface area contributed by atoms with Gasteiger partial charge in [-0.05, 0) is 49.8 Å². The minimum absolute atomic E-state index is 0.628. The molecule has 0 amide bonds. The summed E-state index contributed by atoms with van der Waals surface area (Å²) in [5.41, 5.74) is 3.41. The Hall–Kier alpha value is -2.95. The van der Waals surface area contributed by atoms with Crippen LogP contribution in [0.25, 0.3) is 0 Å². The van der Waals surface area contributed by atoms with Crippen molar-refractivity contribution in [2.24, 2.45) is 5.92 Å². The Balaban J connectivity index is 1.36. The monoisotopic (exact) mass is 373 g/mol. The molecule has 3 heterocycles. The van der Waals surface area contributed by atoms with Crippen LogP contribution in [0, 0.1) is 12.8 Å². The highest BCUT2D eigenvalue weighted by Gasteiger charge is 2.21. The average Bonchev–Trinajstić information content (AvgIpc) is 2.74. The van der Waals surface area contributed by atoms with Crippen molar-refractivity contribution in [3.63, 3.8) is 0 Å². The first-order valence-corrected chi connectivity index (χ1v) is 10.0. The van der Waals surface area contributed by atoms with E-state index in [1.807, 2.05) is 25.1 Å². The van der Waals surface area contributed by atoms with E-state index in [9.17, 15) is 0 Å². The van der Waals surface area contributed by atoms with Crippen molar-refractivity contribution in [3.8, 4) is 0 Å². The molecule has 1 saturated heterocycles. The summed E-state index contributed by atoms with van der Waals surface area (Å²) in [4.78, 5) is 16.0. The highest BCUT2D eigenvalue weighted by Crippen LogP contribution is 2.25. The molecule has 1 N–H and O–H groups in total. The summed E-state index contributed by atoms with van der Waals surface area (Å²) >= 11 is 0. The molecule has 0 aliphatic carbocycles. The zero-order valence-corrected chi connectivity index (χ0v) is 16.4. The van der Waals surface area contributed by atoms with Crippen LogP contribution in [0.4, 0.5) is 11.8 Å². The van der Waals surface area contributed by atoms with Crippen molar-refractivity contribution in [2.45, 2.75) is 32.7 Å². The Bertz CT molecular complexity index is 874. The van der Waals surface area contributed by atoms with Gasteiger partial charge in [-0.2, -0.15) is 4.98 Å². The molecule has 1 aromatic carbocycles. The smallest absolute Gasteiger partial charge is 0.225 e. The van der Waals surface area contributed by atoms with Crippen LogP contribution in [-0.2, 0) is 13.0 Å². The Labute approximate surface area is 166 Å². The lowest BCUT2D eigenvalue weighted by atomic mass is 9.90. The fourth-order valence-corrected chi connectivity index (χ4v) is 3.78. The van der Waals surface area contributed by atoms with E-state index in [1.54, 1.807) is 6.20 Å². The number of hydrogen-bond acceptors (Lipinski definition) is 5. The molecule has 0 radical (unpaired) electrons. The largest absolute Gasteiger partial charge is 0.356 e. The summed E-state index contributed by atoms with van der Waals surface area (Å²) in [7, 11) is 0. The second-order valence-electron chi connectivity index (χ2n) is 7.49. The van der Waals surface area contributed by atoms with Gasteiger partial charge in [0, 0.05) is 31.0 Å². The van der Waals surface area contributed by atoms with Crippen molar-refractivity contribution in [3.05, 3.63) is 77.7 Å². The average molecular weight is 374 g/mol. The third-order valence-corrected chi connectivity index (χ3v) is 5.30. The molecule has 5 nitrogen and oxygen atoms in total. The zero-order valence-electron chi connectivity index (χ0n) is 16.4. The van der Waals surface area contributed by atoms with Crippen LogP contribution in [0.3, 0.4) is 0 Å². The van der Waals surface area contributed by atoms with Crippen LogP contribution in [0.1, 0.15) is 29.8 Å². The van der Waals surface area contributed by atoms with Crippen molar-refractivity contribution in [1.82, 2.24) is 15.0 Å². The van der Waals surface area contributed by atoms with Crippen LogP contribution < -0.4 is 10.2 Å². The Kier molecular flexibility index (Phi) is 5.80. The highest BCUT2D eigenvalue weighted by atomic mass is 15.2. The summed E-state index contributed by atoms with van der Waals surface area (Å²) in [5.74, 6) is 2.45. The predicted molar refractivity (Wildman–Crippen MR) is 113 cm³/mol. The molecule has 1 aliphatic rings. The number of hydrogen-bond donors (Lipinski definition) is 1. The summed E-state index contributed by atoms with van der Waals surface area (Å²) < 4.78 is 0. The van der Waals surface area contributed by atoms with Gasteiger partial charge in [-0.25, -0.2) is 4.98 Å². The number of rotatable bonds is 6. The number of aromatic nitrogens is 3. The molecule has 2 aromatic heterocycles. The SMILES string of the molecule is Cc1cc(N2CCC(Cc3ccccc3)CC2)nc(NCc2ccccn2)n1. The molecule has 1 fully saturated rings. The standard InChI is InChI=1S/C23H27N5/c1-18-15-22(27-23(26-18)25-17-21-9-5-6-12-24-21)28-13-10-20(11-14-28)16-19-7-3-2-4-8-19/h2-9,12,15,20H,10-11,13-14,16-17H2,1H3,(H,25,26,27). The van der Waals surface area contributed by atoms with Gasteiger partial charge in [0.25, 0.3) is 0 Å². The summed E-state index contributed by atoms with van der Waals surface area (Å²) in [5, 5.41) is 3.31. The van der Waals surface area contributed by atoms with Crippen molar-refractivity contribution in [2.75, 3.05) is 23.3 Å². The molecule has 0 saturated carbocycles. The van der Waals surface area contributed by atoms with Gasteiger partial charge in [0.15, 0.2) is 0 Å². The summed E-state index contributed by atoms with van der Waals surface area (Å²) in [6.45, 7) is 4.75. The van der Waals surface area contributed by atoms with Crippen LogP contribution >= 0.6 is 0 Å². The van der Waals surface area contributed by atoms with Crippen LogP contribution in [0.2, 0.25) is 0 Å². The molecule has 0 bridgehead atoms. The highest BCUT2D eigenvalue weighted by molar-refractivity contribution is 5.45. The van der Waals surface area contributed by atoms with Crippen molar-refractivity contribution in [1.29, 1.82) is 0 Å².